The molecule has 2 aromatic carbocycles. The molecular formula is C20H15F2NO3S. The molecule has 4 nitrogen and oxygen atoms in total. The fraction of sp³-hybridized carbons (Fsp3) is 0.150. The van der Waals surface area contributed by atoms with Gasteiger partial charge in [-0.2, -0.15) is 8.78 Å². The van der Waals surface area contributed by atoms with Crippen LogP contribution in [0.1, 0.15) is 20.8 Å². The van der Waals surface area contributed by atoms with Gasteiger partial charge in [0.2, 0.25) is 0 Å². The number of ether oxygens (including phenoxy) is 2. The SMILES string of the molecule is O=C(NCc1ccccc1OC(F)F)c1cc2c(s1)-c1ccccc1OC2. The third-order valence-corrected chi connectivity index (χ3v) is 5.39. The van der Waals surface area contributed by atoms with Crippen molar-refractivity contribution in [2.24, 2.45) is 0 Å². The van der Waals surface area contributed by atoms with Crippen LogP contribution in [0.4, 0.5) is 8.78 Å². The van der Waals surface area contributed by atoms with Crippen molar-refractivity contribution < 1.29 is 23.0 Å². The monoisotopic (exact) mass is 387 g/mol. The fourth-order valence-corrected chi connectivity index (χ4v) is 4.05. The molecule has 0 saturated heterocycles. The van der Waals surface area contributed by atoms with Crippen molar-refractivity contribution in [3.05, 3.63) is 70.6 Å². The third-order valence-electron chi connectivity index (χ3n) is 4.18. The summed E-state index contributed by atoms with van der Waals surface area (Å²) in [4.78, 5) is 14.1. The summed E-state index contributed by atoms with van der Waals surface area (Å²) in [6.45, 7) is -2.40. The Hall–Kier alpha value is -2.93. The lowest BCUT2D eigenvalue weighted by Gasteiger charge is -2.16. The lowest BCUT2D eigenvalue weighted by Crippen LogP contribution is -2.22. The number of nitrogens with one attached hydrogen (secondary N) is 1. The van der Waals surface area contributed by atoms with Gasteiger partial charge in [0.05, 0.1) is 4.88 Å². The molecule has 0 unspecified atom stereocenters. The van der Waals surface area contributed by atoms with Gasteiger partial charge in [-0.25, -0.2) is 0 Å². The Balaban J connectivity index is 1.51. The summed E-state index contributed by atoms with van der Waals surface area (Å²) in [5.74, 6) is 0.594. The maximum absolute atomic E-state index is 12.6. The predicted molar refractivity (Wildman–Crippen MR) is 98.3 cm³/mol. The number of hydrogen-bond acceptors (Lipinski definition) is 4. The molecule has 0 saturated carbocycles. The number of amides is 1. The highest BCUT2D eigenvalue weighted by atomic mass is 32.1. The van der Waals surface area contributed by atoms with Gasteiger partial charge in [0.1, 0.15) is 18.1 Å². The zero-order valence-corrected chi connectivity index (χ0v) is 14.9. The minimum absolute atomic E-state index is 0.0561. The summed E-state index contributed by atoms with van der Waals surface area (Å²) >= 11 is 1.39. The molecule has 0 atom stereocenters. The molecule has 0 aliphatic carbocycles. The molecule has 7 heteroatoms. The number of carbonyl (C=O) groups excluding carboxylic acids is 1. The lowest BCUT2D eigenvalue weighted by atomic mass is 10.1. The summed E-state index contributed by atoms with van der Waals surface area (Å²) in [5.41, 5.74) is 2.42. The van der Waals surface area contributed by atoms with E-state index in [9.17, 15) is 13.6 Å². The summed E-state index contributed by atoms with van der Waals surface area (Å²) in [5, 5.41) is 2.77. The topological polar surface area (TPSA) is 47.6 Å². The molecule has 0 radical (unpaired) electrons. The standard InChI is InChI=1S/C20H15F2NO3S/c21-20(22)26-15-7-3-1-5-12(15)10-23-19(24)17-9-13-11-25-16-8-4-2-6-14(16)18(13)27-17/h1-9,20H,10-11H2,(H,23,24). The van der Waals surface area contributed by atoms with Crippen LogP contribution >= 0.6 is 11.3 Å². The molecule has 3 aromatic rings. The van der Waals surface area contributed by atoms with E-state index in [0.717, 1.165) is 21.8 Å². The van der Waals surface area contributed by atoms with Crippen LogP contribution < -0.4 is 14.8 Å². The Morgan fingerprint density at radius 3 is 2.81 bits per heavy atom. The van der Waals surface area contributed by atoms with E-state index in [0.29, 0.717) is 17.0 Å². The highest BCUT2D eigenvalue weighted by Gasteiger charge is 2.22. The smallest absolute Gasteiger partial charge is 0.387 e. The predicted octanol–water partition coefficient (Wildman–Crippen LogP) is 4.84. The molecule has 4 rings (SSSR count). The first-order valence-corrected chi connectivity index (χ1v) is 9.09. The molecular weight excluding hydrogens is 372 g/mol. The number of carbonyl (C=O) groups is 1. The van der Waals surface area contributed by atoms with Crippen molar-refractivity contribution in [1.82, 2.24) is 5.32 Å². The van der Waals surface area contributed by atoms with E-state index >= 15 is 0 Å². The summed E-state index contributed by atoms with van der Waals surface area (Å²) < 4.78 is 35.2. The molecule has 0 spiro atoms. The van der Waals surface area contributed by atoms with Crippen LogP contribution in [-0.4, -0.2) is 12.5 Å². The first-order chi connectivity index (χ1) is 13.1. The van der Waals surface area contributed by atoms with E-state index in [1.807, 2.05) is 30.3 Å². The van der Waals surface area contributed by atoms with Gasteiger partial charge < -0.3 is 14.8 Å². The maximum atomic E-state index is 12.6. The minimum Gasteiger partial charge on any atom is -0.488 e. The van der Waals surface area contributed by atoms with Gasteiger partial charge in [-0.05, 0) is 24.3 Å². The molecule has 138 valence electrons. The normalized spacial score (nSPS) is 12.1. The zero-order chi connectivity index (χ0) is 18.8. The zero-order valence-electron chi connectivity index (χ0n) is 14.1. The highest BCUT2D eigenvalue weighted by molar-refractivity contribution is 7.17. The van der Waals surface area contributed by atoms with Gasteiger partial charge in [-0.1, -0.05) is 30.3 Å². The van der Waals surface area contributed by atoms with Gasteiger partial charge in [-0.15, -0.1) is 11.3 Å². The van der Waals surface area contributed by atoms with Gasteiger partial charge in [0.15, 0.2) is 0 Å². The Kier molecular flexibility index (Phi) is 4.77. The average Bonchev–Trinajstić information content (AvgIpc) is 3.11. The number of halogens is 2. The third kappa shape index (κ3) is 3.64. The molecule has 1 N–H and O–H groups in total. The number of thiophene rings is 1. The first kappa shape index (κ1) is 17.5. The molecule has 27 heavy (non-hydrogen) atoms. The Morgan fingerprint density at radius 2 is 1.96 bits per heavy atom. The van der Waals surface area contributed by atoms with Gasteiger partial charge in [0, 0.05) is 28.1 Å². The number of fused-ring (bicyclic) bond motifs is 3. The van der Waals surface area contributed by atoms with Crippen molar-refractivity contribution in [3.8, 4) is 21.9 Å². The van der Waals surface area contributed by atoms with Crippen molar-refractivity contribution >= 4 is 17.2 Å². The van der Waals surface area contributed by atoms with Crippen LogP contribution in [0.25, 0.3) is 10.4 Å². The van der Waals surface area contributed by atoms with E-state index in [1.54, 1.807) is 18.2 Å². The summed E-state index contributed by atoms with van der Waals surface area (Å²) in [6, 6.07) is 15.9. The Morgan fingerprint density at radius 1 is 1.19 bits per heavy atom. The van der Waals surface area contributed by atoms with Crippen LogP contribution in [0.15, 0.2) is 54.6 Å². The maximum Gasteiger partial charge on any atom is 0.387 e. The quantitative estimate of drug-likeness (QED) is 0.682. The number of hydrogen-bond donors (Lipinski definition) is 1. The van der Waals surface area contributed by atoms with Gasteiger partial charge >= 0.3 is 6.61 Å². The highest BCUT2D eigenvalue weighted by Crippen LogP contribution is 2.42. The van der Waals surface area contributed by atoms with E-state index in [-0.39, 0.29) is 18.2 Å². The van der Waals surface area contributed by atoms with Crippen LogP contribution in [0.3, 0.4) is 0 Å². The van der Waals surface area contributed by atoms with Crippen molar-refractivity contribution in [1.29, 1.82) is 0 Å². The molecule has 0 fully saturated rings. The van der Waals surface area contributed by atoms with Crippen LogP contribution in [0.5, 0.6) is 11.5 Å². The number of benzene rings is 2. The Bertz CT molecular complexity index is 987. The number of para-hydroxylation sites is 2. The average molecular weight is 387 g/mol. The molecule has 1 aliphatic rings. The molecule has 2 heterocycles. The second kappa shape index (κ2) is 7.36. The van der Waals surface area contributed by atoms with E-state index in [1.165, 1.54) is 17.4 Å². The van der Waals surface area contributed by atoms with E-state index in [4.69, 9.17) is 4.74 Å². The van der Waals surface area contributed by atoms with Crippen molar-refractivity contribution in [2.45, 2.75) is 19.8 Å². The second-order valence-corrected chi connectivity index (χ2v) is 6.97. The first-order valence-electron chi connectivity index (χ1n) is 8.27. The fourth-order valence-electron chi connectivity index (χ4n) is 2.93. The van der Waals surface area contributed by atoms with Crippen LogP contribution in [0.2, 0.25) is 0 Å². The van der Waals surface area contributed by atoms with Gasteiger partial charge in [0.25, 0.3) is 5.91 Å². The van der Waals surface area contributed by atoms with E-state index in [2.05, 4.69) is 10.1 Å². The lowest BCUT2D eigenvalue weighted by molar-refractivity contribution is -0.0504. The largest absolute Gasteiger partial charge is 0.488 e. The Labute approximate surface area is 158 Å². The summed E-state index contributed by atoms with van der Waals surface area (Å²) in [7, 11) is 0. The van der Waals surface area contributed by atoms with Crippen LogP contribution in [0, 0.1) is 0 Å². The summed E-state index contributed by atoms with van der Waals surface area (Å²) in [6.07, 6.45) is 0. The number of rotatable bonds is 5. The van der Waals surface area contributed by atoms with Crippen molar-refractivity contribution in [3.63, 3.8) is 0 Å². The molecule has 1 amide bonds. The van der Waals surface area contributed by atoms with Crippen molar-refractivity contribution in [2.75, 3.05) is 0 Å². The van der Waals surface area contributed by atoms with E-state index < -0.39 is 6.61 Å². The van der Waals surface area contributed by atoms with Gasteiger partial charge in [-0.3, -0.25) is 4.79 Å². The minimum atomic E-state index is -2.91. The number of alkyl halides is 2. The van der Waals surface area contributed by atoms with Crippen LogP contribution in [-0.2, 0) is 13.2 Å². The molecule has 1 aliphatic heterocycles. The molecule has 0 bridgehead atoms. The second-order valence-electron chi connectivity index (χ2n) is 5.92. The molecule has 1 aromatic heterocycles.